The number of likely N-dealkylation sites (N-methyl/N-ethyl adjacent to an activating group) is 1. The molecule has 0 spiro atoms. The van der Waals surface area contributed by atoms with E-state index in [9.17, 15) is 14.9 Å². The molecule has 2 aliphatic heterocycles. The summed E-state index contributed by atoms with van der Waals surface area (Å²) >= 11 is 1.69. The highest BCUT2D eigenvalue weighted by molar-refractivity contribution is 7.13. The molecule has 4 rings (SSSR count). The van der Waals surface area contributed by atoms with Gasteiger partial charge in [-0.15, -0.1) is 11.3 Å². The molecule has 1 aromatic heterocycles. The van der Waals surface area contributed by atoms with E-state index >= 15 is 0 Å². The van der Waals surface area contributed by atoms with Crippen LogP contribution >= 0.6 is 11.3 Å². The van der Waals surface area contributed by atoms with Gasteiger partial charge < -0.3 is 15.0 Å². The van der Waals surface area contributed by atoms with Gasteiger partial charge in [0.15, 0.2) is 0 Å². The molecule has 4 atom stereocenters. The molecule has 2 fully saturated rings. The standard InChI is InChI=1S/C25H34N4O3S/c1-25(2,3)32-24(31)29-19-6-5-17(13-19)22(29)23(30)27-18(15-26)14-20-7-8-21(33-20)16-9-11-28(4)12-10-16/h7-9,17-19,22H,5-6,10-14H2,1-4H3,(H,27,30)/t17?,18-,19?,22-/m0/s1. The Balaban J connectivity index is 1.40. The molecule has 1 aromatic rings. The Morgan fingerprint density at radius 2 is 2.12 bits per heavy atom. The lowest BCUT2D eigenvalue weighted by Crippen LogP contribution is -2.55. The fourth-order valence-electron chi connectivity index (χ4n) is 5.14. The molecule has 3 aliphatic rings. The van der Waals surface area contributed by atoms with Gasteiger partial charge >= 0.3 is 6.09 Å². The van der Waals surface area contributed by atoms with Gasteiger partial charge in [0.1, 0.15) is 17.7 Å². The second-order valence-electron chi connectivity index (χ2n) is 10.5. The molecular formula is C25H34N4O3S. The highest BCUT2D eigenvalue weighted by Crippen LogP contribution is 2.43. The van der Waals surface area contributed by atoms with Crippen LogP contribution < -0.4 is 5.32 Å². The fraction of sp³-hybridized carbons (Fsp3) is 0.640. The molecule has 33 heavy (non-hydrogen) atoms. The van der Waals surface area contributed by atoms with Crippen LogP contribution in [-0.4, -0.2) is 65.7 Å². The number of ether oxygens (including phenoxy) is 1. The first kappa shape index (κ1) is 23.8. The molecule has 178 valence electrons. The molecule has 7 nitrogen and oxygen atoms in total. The lowest BCUT2D eigenvalue weighted by molar-refractivity contribution is -0.128. The van der Waals surface area contributed by atoms with E-state index in [4.69, 9.17) is 4.74 Å². The zero-order chi connectivity index (χ0) is 23.8. The Hall–Kier alpha value is -2.37. The molecular weight excluding hydrogens is 436 g/mol. The van der Waals surface area contributed by atoms with Crippen molar-refractivity contribution in [1.82, 2.24) is 15.1 Å². The maximum absolute atomic E-state index is 13.2. The Morgan fingerprint density at radius 1 is 1.33 bits per heavy atom. The average Bonchev–Trinajstić information content (AvgIpc) is 3.48. The van der Waals surface area contributed by atoms with Crippen molar-refractivity contribution < 1.29 is 14.3 Å². The van der Waals surface area contributed by atoms with E-state index < -0.39 is 23.8 Å². The van der Waals surface area contributed by atoms with E-state index in [0.717, 1.165) is 43.6 Å². The quantitative estimate of drug-likeness (QED) is 0.707. The van der Waals surface area contributed by atoms with Gasteiger partial charge in [-0.25, -0.2) is 4.79 Å². The molecule has 1 saturated carbocycles. The number of amides is 2. The van der Waals surface area contributed by atoms with E-state index in [1.165, 1.54) is 10.5 Å². The lowest BCUT2D eigenvalue weighted by Gasteiger charge is -2.35. The fourth-order valence-corrected chi connectivity index (χ4v) is 6.27. The number of likely N-dealkylation sites (tertiary alicyclic amines) is 1. The summed E-state index contributed by atoms with van der Waals surface area (Å²) in [5.41, 5.74) is 0.742. The lowest BCUT2D eigenvalue weighted by atomic mass is 9.97. The summed E-state index contributed by atoms with van der Waals surface area (Å²) in [6.45, 7) is 7.50. The predicted molar refractivity (Wildman–Crippen MR) is 129 cm³/mol. The Labute approximate surface area is 200 Å². The van der Waals surface area contributed by atoms with E-state index in [2.05, 4.69) is 41.5 Å². The molecule has 2 bridgehead atoms. The molecule has 8 heteroatoms. The van der Waals surface area contributed by atoms with Crippen molar-refractivity contribution >= 4 is 28.9 Å². The number of rotatable bonds is 5. The first-order valence-corrected chi connectivity index (χ1v) is 12.6. The Bertz CT molecular complexity index is 973. The van der Waals surface area contributed by atoms with E-state index in [1.54, 1.807) is 16.2 Å². The van der Waals surface area contributed by atoms with Crippen molar-refractivity contribution in [3.05, 3.63) is 28.0 Å². The van der Waals surface area contributed by atoms with E-state index in [0.29, 0.717) is 6.42 Å². The van der Waals surface area contributed by atoms with Crippen LogP contribution in [0.4, 0.5) is 4.79 Å². The van der Waals surface area contributed by atoms with Crippen LogP contribution in [0.25, 0.3) is 5.57 Å². The minimum atomic E-state index is -0.630. The minimum absolute atomic E-state index is 0.0452. The predicted octanol–water partition coefficient (Wildman–Crippen LogP) is 3.81. The maximum Gasteiger partial charge on any atom is 0.411 e. The third kappa shape index (κ3) is 5.42. The largest absolute Gasteiger partial charge is 0.444 e. The SMILES string of the molecule is CN1CC=C(c2ccc(C[C@@H](C#N)NC(=O)[C@@H]3C4CCC(C4)N3C(=O)OC(C)(C)C)s2)CC1. The summed E-state index contributed by atoms with van der Waals surface area (Å²) in [7, 11) is 2.12. The molecule has 1 saturated heterocycles. The zero-order valence-electron chi connectivity index (χ0n) is 20.0. The van der Waals surface area contributed by atoms with Gasteiger partial charge in [0.2, 0.25) is 5.91 Å². The monoisotopic (exact) mass is 470 g/mol. The van der Waals surface area contributed by atoms with Gasteiger partial charge in [-0.1, -0.05) is 6.08 Å². The molecule has 2 amide bonds. The third-order valence-corrected chi connectivity index (χ3v) is 7.91. The van der Waals surface area contributed by atoms with Crippen LogP contribution in [-0.2, 0) is 16.0 Å². The number of piperidine rings is 1. The van der Waals surface area contributed by atoms with Crippen molar-refractivity contribution in [2.45, 2.75) is 76.6 Å². The molecule has 0 radical (unpaired) electrons. The summed E-state index contributed by atoms with van der Waals surface area (Å²) < 4.78 is 5.58. The van der Waals surface area contributed by atoms with E-state index in [1.807, 2.05) is 20.8 Å². The van der Waals surface area contributed by atoms with Crippen LogP contribution in [0.3, 0.4) is 0 Å². The molecule has 1 aliphatic carbocycles. The van der Waals surface area contributed by atoms with E-state index in [-0.39, 0.29) is 17.9 Å². The van der Waals surface area contributed by atoms with Crippen molar-refractivity contribution in [3.63, 3.8) is 0 Å². The van der Waals surface area contributed by atoms with Crippen LogP contribution in [0.15, 0.2) is 18.2 Å². The van der Waals surface area contributed by atoms with Gasteiger partial charge in [0.05, 0.1) is 6.07 Å². The number of carbonyl (C=O) groups is 2. The van der Waals surface area contributed by atoms with Gasteiger partial charge in [0.25, 0.3) is 0 Å². The van der Waals surface area contributed by atoms with Crippen molar-refractivity contribution in [1.29, 1.82) is 5.26 Å². The second kappa shape index (κ2) is 9.47. The first-order chi connectivity index (χ1) is 15.6. The summed E-state index contributed by atoms with van der Waals surface area (Å²) in [4.78, 5) is 32.3. The number of nitrogens with zero attached hydrogens (tertiary/aromatic N) is 3. The zero-order valence-corrected chi connectivity index (χ0v) is 20.8. The number of thiophene rings is 1. The Morgan fingerprint density at radius 3 is 2.79 bits per heavy atom. The summed E-state index contributed by atoms with van der Waals surface area (Å²) in [6, 6.07) is 5.28. The smallest absolute Gasteiger partial charge is 0.411 e. The first-order valence-electron chi connectivity index (χ1n) is 11.8. The van der Waals surface area contributed by atoms with Gasteiger partial charge in [0, 0.05) is 35.3 Å². The summed E-state index contributed by atoms with van der Waals surface area (Å²) in [5, 5.41) is 12.7. The van der Waals surface area contributed by atoms with Crippen molar-refractivity contribution in [3.8, 4) is 6.07 Å². The minimum Gasteiger partial charge on any atom is -0.444 e. The summed E-state index contributed by atoms with van der Waals surface area (Å²) in [6.07, 6.45) is 5.98. The highest BCUT2D eigenvalue weighted by Gasteiger charge is 2.52. The second-order valence-corrected chi connectivity index (χ2v) is 11.6. The average molecular weight is 471 g/mol. The number of nitriles is 1. The summed E-state index contributed by atoms with van der Waals surface area (Å²) in [5.74, 6) is -0.110. The van der Waals surface area contributed by atoms with Gasteiger partial charge in [-0.05, 0) is 77.1 Å². The molecule has 2 unspecified atom stereocenters. The van der Waals surface area contributed by atoms with Crippen LogP contribution in [0.5, 0.6) is 0 Å². The Kier molecular flexibility index (Phi) is 6.83. The normalized spacial score (nSPS) is 26.0. The number of nitrogens with one attached hydrogen (secondary N) is 1. The molecule has 3 heterocycles. The number of hydrogen-bond acceptors (Lipinski definition) is 6. The molecule has 0 aromatic carbocycles. The van der Waals surface area contributed by atoms with Crippen LogP contribution in [0.2, 0.25) is 0 Å². The number of hydrogen-bond donors (Lipinski definition) is 1. The number of fused-ring (bicyclic) bond motifs is 2. The maximum atomic E-state index is 13.2. The van der Waals surface area contributed by atoms with Crippen LogP contribution in [0, 0.1) is 17.2 Å². The highest BCUT2D eigenvalue weighted by atomic mass is 32.1. The van der Waals surface area contributed by atoms with Crippen molar-refractivity contribution in [2.75, 3.05) is 20.1 Å². The number of carbonyl (C=O) groups excluding carboxylic acids is 2. The van der Waals surface area contributed by atoms with Gasteiger partial charge in [-0.3, -0.25) is 9.69 Å². The van der Waals surface area contributed by atoms with Gasteiger partial charge in [-0.2, -0.15) is 5.26 Å². The molecule has 1 N–H and O–H groups in total. The topological polar surface area (TPSA) is 85.7 Å². The van der Waals surface area contributed by atoms with Crippen LogP contribution in [0.1, 0.15) is 56.2 Å². The third-order valence-electron chi connectivity index (χ3n) is 6.73. The van der Waals surface area contributed by atoms with Crippen molar-refractivity contribution in [2.24, 2.45) is 5.92 Å².